The molecule has 0 radical (unpaired) electrons. The number of aromatic nitrogens is 2. The van der Waals surface area contributed by atoms with Gasteiger partial charge in [-0.25, -0.2) is 4.98 Å². The molecule has 7 heteroatoms. The van der Waals surface area contributed by atoms with Crippen molar-refractivity contribution >= 4 is 23.1 Å². The molecule has 3 N–H and O–H groups in total. The molecular weight excluding hydrogens is 328 g/mol. The van der Waals surface area contributed by atoms with E-state index in [4.69, 9.17) is 26.8 Å². The van der Waals surface area contributed by atoms with Crippen LogP contribution in [0.4, 0.5) is 11.5 Å². The Hall–Kier alpha value is -2.05. The first-order valence-corrected chi connectivity index (χ1v) is 8.33. The summed E-state index contributed by atoms with van der Waals surface area (Å²) in [6.45, 7) is 5.34. The molecule has 3 rings (SSSR count). The summed E-state index contributed by atoms with van der Waals surface area (Å²) in [5.41, 5.74) is 8.40. The van der Waals surface area contributed by atoms with E-state index in [1.807, 2.05) is 26.0 Å². The highest BCUT2D eigenvalue weighted by Crippen LogP contribution is 2.32. The Morgan fingerprint density at radius 3 is 2.75 bits per heavy atom. The van der Waals surface area contributed by atoms with Crippen LogP contribution in [0.3, 0.4) is 0 Å². The zero-order valence-electron chi connectivity index (χ0n) is 13.8. The van der Waals surface area contributed by atoms with Crippen LogP contribution in [0.15, 0.2) is 18.5 Å². The van der Waals surface area contributed by atoms with Crippen molar-refractivity contribution in [1.82, 2.24) is 9.97 Å². The third kappa shape index (κ3) is 3.71. The molecule has 1 aliphatic rings. The van der Waals surface area contributed by atoms with Gasteiger partial charge in [0.05, 0.1) is 6.10 Å². The van der Waals surface area contributed by atoms with Gasteiger partial charge in [-0.15, -0.1) is 0 Å². The van der Waals surface area contributed by atoms with Crippen LogP contribution in [0.1, 0.15) is 24.0 Å². The van der Waals surface area contributed by atoms with E-state index >= 15 is 0 Å². The van der Waals surface area contributed by atoms with Gasteiger partial charge in [0.2, 0.25) is 5.88 Å². The molecule has 1 aliphatic heterocycles. The first kappa shape index (κ1) is 16.8. The topological polar surface area (TPSA) is 82.3 Å². The van der Waals surface area contributed by atoms with Gasteiger partial charge in [0.15, 0.2) is 5.82 Å². The summed E-state index contributed by atoms with van der Waals surface area (Å²) >= 11 is 6.18. The summed E-state index contributed by atoms with van der Waals surface area (Å²) in [6, 6.07) is 3.71. The molecule has 0 saturated carbocycles. The van der Waals surface area contributed by atoms with Gasteiger partial charge in [-0.3, -0.25) is 0 Å². The van der Waals surface area contributed by atoms with E-state index in [2.05, 4.69) is 15.3 Å². The molecule has 0 amide bonds. The second-order valence-electron chi connectivity index (χ2n) is 5.93. The van der Waals surface area contributed by atoms with Crippen LogP contribution in [0.2, 0.25) is 5.02 Å². The highest BCUT2D eigenvalue weighted by molar-refractivity contribution is 6.32. The summed E-state index contributed by atoms with van der Waals surface area (Å²) in [7, 11) is 0. The number of nitrogen functional groups attached to an aromatic ring is 1. The van der Waals surface area contributed by atoms with Crippen LogP contribution in [-0.2, 0) is 4.74 Å². The number of hydrogen-bond donors (Lipinski definition) is 2. The van der Waals surface area contributed by atoms with E-state index in [1.165, 1.54) is 6.33 Å². The van der Waals surface area contributed by atoms with Crippen molar-refractivity contribution in [2.75, 3.05) is 24.2 Å². The van der Waals surface area contributed by atoms with Crippen molar-refractivity contribution in [1.29, 1.82) is 0 Å². The van der Waals surface area contributed by atoms with Crippen LogP contribution in [0.25, 0.3) is 0 Å². The number of nitrogens with one attached hydrogen (secondary N) is 1. The minimum Gasteiger partial charge on any atom is -0.437 e. The third-order valence-corrected chi connectivity index (χ3v) is 4.59. The second kappa shape index (κ2) is 7.23. The van der Waals surface area contributed by atoms with Crippen LogP contribution in [-0.4, -0.2) is 29.2 Å². The van der Waals surface area contributed by atoms with Crippen molar-refractivity contribution < 1.29 is 9.47 Å². The van der Waals surface area contributed by atoms with E-state index in [0.29, 0.717) is 29.7 Å². The molecule has 1 fully saturated rings. The molecule has 1 saturated heterocycles. The predicted octanol–water partition coefficient (Wildman–Crippen LogP) is 3.71. The fourth-order valence-corrected chi connectivity index (χ4v) is 2.80. The van der Waals surface area contributed by atoms with E-state index in [0.717, 1.165) is 35.6 Å². The smallest absolute Gasteiger partial charge is 0.248 e. The molecule has 0 bridgehead atoms. The van der Waals surface area contributed by atoms with Crippen LogP contribution in [0.5, 0.6) is 11.6 Å². The molecular formula is C17H21ClN4O2. The van der Waals surface area contributed by atoms with Gasteiger partial charge in [-0.2, -0.15) is 4.98 Å². The largest absolute Gasteiger partial charge is 0.437 e. The quantitative estimate of drug-likeness (QED) is 0.857. The number of ether oxygens (including phenoxy) is 2. The maximum Gasteiger partial charge on any atom is 0.248 e. The molecule has 0 spiro atoms. The Kier molecular flexibility index (Phi) is 5.06. The average molecular weight is 349 g/mol. The summed E-state index contributed by atoms with van der Waals surface area (Å²) < 4.78 is 11.4. The summed E-state index contributed by atoms with van der Waals surface area (Å²) in [4.78, 5) is 8.32. The molecule has 1 aromatic carbocycles. The summed E-state index contributed by atoms with van der Waals surface area (Å²) in [5, 5.41) is 3.94. The van der Waals surface area contributed by atoms with Gasteiger partial charge in [0.25, 0.3) is 0 Å². The van der Waals surface area contributed by atoms with Gasteiger partial charge < -0.3 is 20.5 Å². The van der Waals surface area contributed by atoms with E-state index in [1.54, 1.807) is 0 Å². The van der Waals surface area contributed by atoms with Crippen LogP contribution < -0.4 is 15.8 Å². The molecule has 2 heterocycles. The molecule has 0 aliphatic carbocycles. The number of nitrogens with two attached hydrogens (primary N) is 1. The Morgan fingerprint density at radius 2 is 2.08 bits per heavy atom. The monoisotopic (exact) mass is 348 g/mol. The number of nitrogens with zero attached hydrogens (tertiary/aromatic N) is 2. The minimum absolute atomic E-state index is 0.199. The van der Waals surface area contributed by atoms with Gasteiger partial charge in [0.1, 0.15) is 17.8 Å². The summed E-state index contributed by atoms with van der Waals surface area (Å²) in [6.07, 6.45) is 3.77. The molecule has 2 aromatic rings. The van der Waals surface area contributed by atoms with Crippen LogP contribution >= 0.6 is 11.6 Å². The molecule has 6 nitrogen and oxygen atoms in total. The number of anilines is 2. The number of rotatable bonds is 5. The maximum absolute atomic E-state index is 6.18. The molecule has 1 atom stereocenters. The lowest BCUT2D eigenvalue weighted by atomic mass is 10.1. The fraction of sp³-hybridized carbons (Fsp3) is 0.412. The van der Waals surface area contributed by atoms with E-state index < -0.39 is 0 Å². The lowest BCUT2D eigenvalue weighted by Gasteiger charge is -2.15. The fourth-order valence-electron chi connectivity index (χ4n) is 2.69. The van der Waals surface area contributed by atoms with Gasteiger partial charge in [-0.1, -0.05) is 11.6 Å². The lowest BCUT2D eigenvalue weighted by molar-refractivity contribution is 0.120. The van der Waals surface area contributed by atoms with Gasteiger partial charge in [-0.05, 0) is 49.9 Å². The first-order valence-electron chi connectivity index (χ1n) is 7.95. The van der Waals surface area contributed by atoms with E-state index in [9.17, 15) is 0 Å². The van der Waals surface area contributed by atoms with Crippen molar-refractivity contribution in [3.63, 3.8) is 0 Å². The van der Waals surface area contributed by atoms with Crippen molar-refractivity contribution in [3.05, 3.63) is 34.6 Å². The van der Waals surface area contributed by atoms with Crippen molar-refractivity contribution in [2.45, 2.75) is 32.8 Å². The highest BCUT2D eigenvalue weighted by Gasteiger charge is 2.17. The van der Waals surface area contributed by atoms with Gasteiger partial charge in [0, 0.05) is 18.2 Å². The van der Waals surface area contributed by atoms with Gasteiger partial charge >= 0.3 is 0 Å². The normalized spacial score (nSPS) is 17.0. The number of aryl methyl sites for hydroxylation is 2. The predicted molar refractivity (Wildman–Crippen MR) is 94.9 cm³/mol. The molecule has 1 aromatic heterocycles. The number of halogens is 1. The van der Waals surface area contributed by atoms with Crippen molar-refractivity contribution in [2.24, 2.45) is 0 Å². The second-order valence-corrected chi connectivity index (χ2v) is 6.31. The number of hydrogen-bond acceptors (Lipinski definition) is 6. The average Bonchev–Trinajstić information content (AvgIpc) is 3.07. The molecule has 24 heavy (non-hydrogen) atoms. The SMILES string of the molecule is Cc1cc(Oc2ncnc(NCC3CCCO3)c2N)cc(C)c1Cl. The Bertz CT molecular complexity index is 710. The zero-order chi connectivity index (χ0) is 17.1. The summed E-state index contributed by atoms with van der Waals surface area (Å²) in [5.74, 6) is 1.52. The highest BCUT2D eigenvalue weighted by atomic mass is 35.5. The van der Waals surface area contributed by atoms with E-state index in [-0.39, 0.29) is 6.10 Å². The van der Waals surface area contributed by atoms with Crippen LogP contribution in [0, 0.1) is 13.8 Å². The maximum atomic E-state index is 6.18. The third-order valence-electron chi connectivity index (χ3n) is 3.99. The minimum atomic E-state index is 0.199. The Labute approximate surface area is 146 Å². The first-order chi connectivity index (χ1) is 11.5. The van der Waals surface area contributed by atoms with Crippen molar-refractivity contribution in [3.8, 4) is 11.6 Å². The number of benzene rings is 1. The Balaban J connectivity index is 1.75. The lowest BCUT2D eigenvalue weighted by Crippen LogP contribution is -2.19. The standard InChI is InChI=1S/C17H21ClN4O2/c1-10-6-13(7-11(2)14(10)18)24-17-15(19)16(21-9-22-17)20-8-12-4-3-5-23-12/h6-7,9,12H,3-5,8,19H2,1-2H3,(H,20,21,22). The Morgan fingerprint density at radius 1 is 1.33 bits per heavy atom. The zero-order valence-corrected chi connectivity index (χ0v) is 14.6. The molecule has 128 valence electrons. The molecule has 1 unspecified atom stereocenters.